The molecule has 0 aliphatic heterocycles. The highest BCUT2D eigenvalue weighted by Crippen LogP contribution is 2.33. The fourth-order valence-corrected chi connectivity index (χ4v) is 3.52. The summed E-state index contributed by atoms with van der Waals surface area (Å²) in [5.74, 6) is 0. The van der Waals surface area contributed by atoms with Crippen LogP contribution in [0, 0.1) is 20.8 Å². The maximum atomic E-state index is 4.76. The molecule has 0 spiro atoms. The van der Waals surface area contributed by atoms with Crippen LogP contribution in [-0.2, 0) is 0 Å². The molecule has 2 nitrogen and oxygen atoms in total. The van der Waals surface area contributed by atoms with Crippen LogP contribution in [0.25, 0.3) is 0 Å². The Morgan fingerprint density at radius 3 is 2.60 bits per heavy atom. The van der Waals surface area contributed by atoms with E-state index in [2.05, 4.69) is 60.2 Å². The molecule has 1 aromatic carbocycles. The van der Waals surface area contributed by atoms with Crippen molar-refractivity contribution >= 4 is 27.3 Å². The van der Waals surface area contributed by atoms with E-state index in [1.165, 1.54) is 33.9 Å². The predicted octanol–water partition coefficient (Wildman–Crippen LogP) is 4.67. The topological polar surface area (TPSA) is 24.9 Å². The molecule has 3 rings (SSSR count). The monoisotopic (exact) mass is 350 g/mol. The van der Waals surface area contributed by atoms with E-state index in [1.807, 2.05) is 11.3 Å². The first-order valence-electron chi connectivity index (χ1n) is 7.00. The number of benzene rings is 1. The van der Waals surface area contributed by atoms with Gasteiger partial charge in [0.15, 0.2) is 0 Å². The lowest BCUT2D eigenvalue weighted by molar-refractivity contribution is 0.597. The summed E-state index contributed by atoms with van der Waals surface area (Å²) in [4.78, 5) is 6.08. The average molecular weight is 351 g/mol. The molecule has 20 heavy (non-hydrogen) atoms. The number of nitrogens with one attached hydrogen (secondary N) is 1. The first-order chi connectivity index (χ1) is 9.54. The Morgan fingerprint density at radius 2 is 2.05 bits per heavy atom. The summed E-state index contributed by atoms with van der Waals surface area (Å²) in [6.45, 7) is 6.38. The first-order valence-corrected chi connectivity index (χ1v) is 8.61. The van der Waals surface area contributed by atoms with Crippen molar-refractivity contribution in [1.82, 2.24) is 10.3 Å². The lowest BCUT2D eigenvalue weighted by atomic mass is 10.0. The Bertz CT molecular complexity index is 612. The Hall–Kier alpha value is -0.710. The second-order valence-corrected chi connectivity index (χ2v) is 7.67. The van der Waals surface area contributed by atoms with Crippen LogP contribution in [-0.4, -0.2) is 11.0 Å². The van der Waals surface area contributed by atoms with Gasteiger partial charge in [-0.15, -0.1) is 11.3 Å². The van der Waals surface area contributed by atoms with Gasteiger partial charge in [-0.1, -0.05) is 28.1 Å². The lowest BCUT2D eigenvalue weighted by Gasteiger charge is -2.17. The van der Waals surface area contributed by atoms with E-state index in [0.29, 0.717) is 6.04 Å². The van der Waals surface area contributed by atoms with Crippen LogP contribution < -0.4 is 5.32 Å². The lowest BCUT2D eigenvalue weighted by Crippen LogP contribution is -2.24. The Kier molecular flexibility index (Phi) is 3.98. The summed E-state index contributed by atoms with van der Waals surface area (Å²) in [5, 5.41) is 4.93. The van der Waals surface area contributed by atoms with E-state index in [-0.39, 0.29) is 6.04 Å². The minimum absolute atomic E-state index is 0.228. The number of aryl methyl sites for hydroxylation is 3. The molecule has 1 saturated carbocycles. The van der Waals surface area contributed by atoms with Crippen molar-refractivity contribution in [1.29, 1.82) is 0 Å². The molecule has 0 bridgehead atoms. The standard InChI is InChI=1S/C16H19BrN2S/c1-9-8-12(4-7-14(9)17)15(19-13-5-6-13)16-18-10(2)11(3)20-16/h4,7-8,13,15,19H,5-6H2,1-3H3. The molecule has 1 aliphatic rings. The second kappa shape index (κ2) is 5.58. The number of rotatable bonds is 4. The highest BCUT2D eigenvalue weighted by Gasteiger charge is 2.28. The molecule has 106 valence electrons. The van der Waals surface area contributed by atoms with Crippen LogP contribution in [0.4, 0.5) is 0 Å². The zero-order chi connectivity index (χ0) is 14.3. The molecular weight excluding hydrogens is 332 g/mol. The van der Waals surface area contributed by atoms with E-state index in [0.717, 1.165) is 10.2 Å². The summed E-state index contributed by atoms with van der Waals surface area (Å²) in [6.07, 6.45) is 2.57. The Labute approximate surface area is 132 Å². The van der Waals surface area contributed by atoms with Crippen molar-refractivity contribution in [2.45, 2.75) is 45.7 Å². The molecule has 0 amide bonds. The van der Waals surface area contributed by atoms with Crippen molar-refractivity contribution in [3.05, 3.63) is 49.4 Å². The SMILES string of the molecule is Cc1cc(C(NC2CC2)c2nc(C)c(C)s2)ccc1Br. The molecule has 2 aromatic rings. The van der Waals surface area contributed by atoms with Crippen LogP contribution in [0.5, 0.6) is 0 Å². The third-order valence-electron chi connectivity index (χ3n) is 3.79. The maximum absolute atomic E-state index is 4.76. The van der Waals surface area contributed by atoms with Crippen LogP contribution >= 0.6 is 27.3 Å². The van der Waals surface area contributed by atoms with Gasteiger partial charge in [0.2, 0.25) is 0 Å². The van der Waals surface area contributed by atoms with E-state index in [4.69, 9.17) is 4.98 Å². The first kappa shape index (κ1) is 14.2. The van der Waals surface area contributed by atoms with Gasteiger partial charge in [0.05, 0.1) is 11.7 Å². The second-order valence-electron chi connectivity index (χ2n) is 5.58. The van der Waals surface area contributed by atoms with Crippen molar-refractivity contribution in [3.8, 4) is 0 Å². The number of aromatic nitrogens is 1. The molecule has 1 aliphatic carbocycles. The Balaban J connectivity index is 1.97. The quantitative estimate of drug-likeness (QED) is 0.866. The van der Waals surface area contributed by atoms with Crippen LogP contribution in [0.1, 0.15) is 45.6 Å². The third-order valence-corrected chi connectivity index (χ3v) is 5.81. The molecule has 0 radical (unpaired) electrons. The zero-order valence-corrected chi connectivity index (χ0v) is 14.4. The number of hydrogen-bond acceptors (Lipinski definition) is 3. The maximum Gasteiger partial charge on any atom is 0.115 e. The van der Waals surface area contributed by atoms with E-state index in [9.17, 15) is 0 Å². The van der Waals surface area contributed by atoms with Gasteiger partial charge < -0.3 is 5.32 Å². The minimum Gasteiger partial charge on any atom is -0.301 e. The number of hydrogen-bond donors (Lipinski definition) is 1. The summed E-state index contributed by atoms with van der Waals surface area (Å²) >= 11 is 5.39. The van der Waals surface area contributed by atoms with Crippen molar-refractivity contribution in [3.63, 3.8) is 0 Å². The van der Waals surface area contributed by atoms with Crippen molar-refractivity contribution < 1.29 is 0 Å². The summed E-state index contributed by atoms with van der Waals surface area (Å²) < 4.78 is 1.16. The van der Waals surface area contributed by atoms with Gasteiger partial charge in [-0.25, -0.2) is 4.98 Å². The van der Waals surface area contributed by atoms with Gasteiger partial charge in [-0.2, -0.15) is 0 Å². The van der Waals surface area contributed by atoms with Gasteiger partial charge in [-0.3, -0.25) is 0 Å². The fourth-order valence-electron chi connectivity index (χ4n) is 2.26. The number of nitrogens with zero attached hydrogens (tertiary/aromatic N) is 1. The largest absolute Gasteiger partial charge is 0.301 e. The highest BCUT2D eigenvalue weighted by molar-refractivity contribution is 9.10. The average Bonchev–Trinajstić information content (AvgIpc) is 3.17. The number of thiazole rings is 1. The molecule has 1 aromatic heterocycles. The van der Waals surface area contributed by atoms with Crippen LogP contribution in [0.2, 0.25) is 0 Å². The van der Waals surface area contributed by atoms with Crippen LogP contribution in [0.3, 0.4) is 0 Å². The van der Waals surface area contributed by atoms with Gasteiger partial charge in [-0.05, 0) is 50.8 Å². The molecule has 1 N–H and O–H groups in total. The molecule has 0 saturated heterocycles. The number of halogens is 1. The molecule has 1 atom stereocenters. The molecule has 1 unspecified atom stereocenters. The van der Waals surface area contributed by atoms with Gasteiger partial charge in [0, 0.05) is 15.4 Å². The zero-order valence-electron chi connectivity index (χ0n) is 12.0. The smallest absolute Gasteiger partial charge is 0.115 e. The van der Waals surface area contributed by atoms with Gasteiger partial charge in [0.1, 0.15) is 5.01 Å². The molecular formula is C16H19BrN2S. The van der Waals surface area contributed by atoms with E-state index >= 15 is 0 Å². The third kappa shape index (κ3) is 2.97. The minimum atomic E-state index is 0.228. The summed E-state index contributed by atoms with van der Waals surface area (Å²) in [5.41, 5.74) is 3.74. The summed E-state index contributed by atoms with van der Waals surface area (Å²) in [7, 11) is 0. The normalized spacial score (nSPS) is 16.4. The predicted molar refractivity (Wildman–Crippen MR) is 88.5 cm³/mol. The van der Waals surface area contributed by atoms with Crippen molar-refractivity contribution in [2.75, 3.05) is 0 Å². The van der Waals surface area contributed by atoms with Crippen molar-refractivity contribution in [2.24, 2.45) is 0 Å². The highest BCUT2D eigenvalue weighted by atomic mass is 79.9. The van der Waals surface area contributed by atoms with Gasteiger partial charge >= 0.3 is 0 Å². The molecule has 1 fully saturated rings. The van der Waals surface area contributed by atoms with E-state index < -0.39 is 0 Å². The summed E-state index contributed by atoms with van der Waals surface area (Å²) in [6, 6.07) is 7.49. The molecule has 1 heterocycles. The van der Waals surface area contributed by atoms with E-state index in [1.54, 1.807) is 0 Å². The Morgan fingerprint density at radius 1 is 1.30 bits per heavy atom. The fraction of sp³-hybridized carbons (Fsp3) is 0.438. The molecule has 4 heteroatoms. The van der Waals surface area contributed by atoms with Crippen LogP contribution in [0.15, 0.2) is 22.7 Å². The van der Waals surface area contributed by atoms with Gasteiger partial charge in [0.25, 0.3) is 0 Å².